The topological polar surface area (TPSA) is 39.8 Å². The smallest absolute Gasteiger partial charge is 0.347 e. The summed E-state index contributed by atoms with van der Waals surface area (Å²) in [4.78, 5) is 16.3. The van der Waals surface area contributed by atoms with Crippen LogP contribution in [0.5, 0.6) is 0 Å². The van der Waals surface area contributed by atoms with Crippen molar-refractivity contribution >= 4 is 10.9 Å². The Morgan fingerprint density at radius 2 is 1.77 bits per heavy atom. The van der Waals surface area contributed by atoms with Crippen LogP contribution in [0.15, 0.2) is 59.7 Å². The number of rotatable bonds is 2. The average molecular weight is 423 g/mol. The first-order valence-electron chi connectivity index (χ1n) is 10.2. The summed E-state index contributed by atoms with van der Waals surface area (Å²) in [7, 11) is 2.07. The van der Waals surface area contributed by atoms with E-state index in [1.54, 1.807) is 16.8 Å². The molecule has 0 bridgehead atoms. The van der Waals surface area contributed by atoms with Crippen molar-refractivity contribution < 1.29 is 13.2 Å². The third-order valence-corrected chi connectivity index (χ3v) is 6.10. The van der Waals surface area contributed by atoms with Gasteiger partial charge in [0.25, 0.3) is 5.56 Å². The number of nitrogens with zero attached hydrogens (tertiary/aromatic N) is 3. The van der Waals surface area contributed by atoms with Gasteiger partial charge >= 0.3 is 6.18 Å². The number of benzene rings is 1. The lowest BCUT2D eigenvalue weighted by Gasteiger charge is -2.12. The Hall–Kier alpha value is -3.35. The standard InChI is InChI=1S/C24H20F3N3O/c1-29-20-5-3-2-4-18(20)19-8-7-17(13-21(19)29)30-11-10-15(12-23(30)31)16-6-9-22(28-14-16)24(25,26)27/h6-14H,2-5H2,1H3. The molecule has 7 heteroatoms. The van der Waals surface area contributed by atoms with Gasteiger partial charge in [0.1, 0.15) is 5.69 Å². The number of fused-ring (bicyclic) bond motifs is 3. The number of hydrogen-bond donors (Lipinski definition) is 0. The molecular formula is C24H20F3N3O. The summed E-state index contributed by atoms with van der Waals surface area (Å²) >= 11 is 0. The predicted molar refractivity (Wildman–Crippen MR) is 113 cm³/mol. The number of halogens is 3. The van der Waals surface area contributed by atoms with Crippen LogP contribution in [0.4, 0.5) is 13.2 Å². The summed E-state index contributed by atoms with van der Waals surface area (Å²) in [6.07, 6.45) is 2.86. The molecule has 0 saturated heterocycles. The summed E-state index contributed by atoms with van der Waals surface area (Å²) in [5.41, 5.74) is 4.42. The first kappa shape index (κ1) is 19.6. The lowest BCUT2D eigenvalue weighted by molar-refractivity contribution is -0.141. The second-order valence-electron chi connectivity index (χ2n) is 7.95. The molecule has 0 amide bonds. The SMILES string of the molecule is Cn1c2c(c3ccc(-n4ccc(-c5ccc(C(F)(F)F)nc5)cc4=O)cc31)CCCC2. The summed E-state index contributed by atoms with van der Waals surface area (Å²) in [5, 5.41) is 1.24. The van der Waals surface area contributed by atoms with E-state index in [2.05, 4.69) is 22.7 Å². The minimum Gasteiger partial charge on any atom is -0.347 e. The molecule has 0 saturated carbocycles. The molecule has 158 valence electrons. The monoisotopic (exact) mass is 423 g/mol. The van der Waals surface area contributed by atoms with Crippen LogP contribution in [0.25, 0.3) is 27.7 Å². The maximum absolute atomic E-state index is 12.8. The third kappa shape index (κ3) is 3.34. The Kier molecular flexibility index (Phi) is 4.50. The zero-order chi connectivity index (χ0) is 21.8. The van der Waals surface area contributed by atoms with Gasteiger partial charge in [0.15, 0.2) is 0 Å². The highest BCUT2D eigenvalue weighted by molar-refractivity contribution is 5.87. The number of aryl methyl sites for hydroxylation is 2. The number of pyridine rings is 2. The summed E-state index contributed by atoms with van der Waals surface area (Å²) in [5.74, 6) is 0. The average Bonchev–Trinajstić information content (AvgIpc) is 3.05. The fraction of sp³-hybridized carbons (Fsp3) is 0.250. The third-order valence-electron chi connectivity index (χ3n) is 6.10. The van der Waals surface area contributed by atoms with Gasteiger partial charge in [-0.15, -0.1) is 0 Å². The van der Waals surface area contributed by atoms with Crippen LogP contribution < -0.4 is 5.56 Å². The largest absolute Gasteiger partial charge is 0.433 e. The molecule has 3 aromatic heterocycles. The summed E-state index contributed by atoms with van der Waals surface area (Å²) < 4.78 is 41.9. The molecule has 5 rings (SSSR count). The van der Waals surface area contributed by atoms with Crippen molar-refractivity contribution in [3.05, 3.63) is 82.2 Å². The van der Waals surface area contributed by atoms with E-state index >= 15 is 0 Å². The molecule has 0 spiro atoms. The Morgan fingerprint density at radius 1 is 0.968 bits per heavy atom. The van der Waals surface area contributed by atoms with Crippen LogP contribution in [0.3, 0.4) is 0 Å². The van der Waals surface area contributed by atoms with Crippen molar-refractivity contribution in [3.8, 4) is 16.8 Å². The van der Waals surface area contributed by atoms with E-state index in [4.69, 9.17) is 0 Å². The van der Waals surface area contributed by atoms with Gasteiger partial charge in [0.05, 0.1) is 11.2 Å². The quantitative estimate of drug-likeness (QED) is 0.440. The van der Waals surface area contributed by atoms with E-state index in [-0.39, 0.29) is 5.56 Å². The molecule has 1 aliphatic carbocycles. The number of aromatic nitrogens is 3. The first-order valence-corrected chi connectivity index (χ1v) is 10.2. The van der Waals surface area contributed by atoms with E-state index < -0.39 is 11.9 Å². The maximum Gasteiger partial charge on any atom is 0.433 e. The Balaban J connectivity index is 1.52. The van der Waals surface area contributed by atoms with Crippen molar-refractivity contribution in [2.24, 2.45) is 7.05 Å². The van der Waals surface area contributed by atoms with E-state index in [9.17, 15) is 18.0 Å². The van der Waals surface area contributed by atoms with Crippen LogP contribution in [-0.2, 0) is 26.1 Å². The molecule has 4 aromatic rings. The van der Waals surface area contributed by atoms with Crippen molar-refractivity contribution in [1.29, 1.82) is 0 Å². The van der Waals surface area contributed by atoms with Crippen molar-refractivity contribution in [1.82, 2.24) is 14.1 Å². The van der Waals surface area contributed by atoms with E-state index in [0.717, 1.165) is 36.3 Å². The van der Waals surface area contributed by atoms with Crippen LogP contribution >= 0.6 is 0 Å². The van der Waals surface area contributed by atoms with E-state index in [0.29, 0.717) is 11.1 Å². The van der Waals surface area contributed by atoms with E-state index in [1.165, 1.54) is 41.6 Å². The number of alkyl halides is 3. The fourth-order valence-electron chi connectivity index (χ4n) is 4.50. The fourth-order valence-corrected chi connectivity index (χ4v) is 4.50. The second kappa shape index (κ2) is 7.11. The number of hydrogen-bond acceptors (Lipinski definition) is 2. The molecule has 1 aromatic carbocycles. The second-order valence-corrected chi connectivity index (χ2v) is 7.95. The minimum absolute atomic E-state index is 0.254. The van der Waals surface area contributed by atoms with Gasteiger partial charge in [-0.25, -0.2) is 0 Å². The molecule has 0 aliphatic heterocycles. The van der Waals surface area contributed by atoms with Gasteiger partial charge in [-0.3, -0.25) is 14.3 Å². The molecule has 0 fully saturated rings. The zero-order valence-corrected chi connectivity index (χ0v) is 16.9. The maximum atomic E-state index is 12.8. The highest BCUT2D eigenvalue weighted by atomic mass is 19.4. The summed E-state index contributed by atoms with van der Waals surface area (Å²) in [6, 6.07) is 11.4. The highest BCUT2D eigenvalue weighted by Gasteiger charge is 2.32. The van der Waals surface area contributed by atoms with Gasteiger partial charge in [-0.1, -0.05) is 12.1 Å². The lowest BCUT2D eigenvalue weighted by atomic mass is 9.95. The lowest BCUT2D eigenvalue weighted by Crippen LogP contribution is -2.16. The molecule has 4 nitrogen and oxygen atoms in total. The van der Waals surface area contributed by atoms with Gasteiger partial charge in [-0.05, 0) is 61.1 Å². The molecule has 0 unspecified atom stereocenters. The highest BCUT2D eigenvalue weighted by Crippen LogP contribution is 2.32. The summed E-state index contributed by atoms with van der Waals surface area (Å²) in [6.45, 7) is 0. The Bertz CT molecular complexity index is 1350. The van der Waals surface area contributed by atoms with Gasteiger partial charge in [0, 0.05) is 42.2 Å². The van der Waals surface area contributed by atoms with Gasteiger partial charge < -0.3 is 4.57 Å². The van der Waals surface area contributed by atoms with E-state index in [1.807, 2.05) is 12.1 Å². The predicted octanol–water partition coefficient (Wildman–Crippen LogP) is 5.29. The molecule has 31 heavy (non-hydrogen) atoms. The minimum atomic E-state index is -4.49. The van der Waals surface area contributed by atoms with Crippen LogP contribution in [0, 0.1) is 0 Å². The molecule has 0 atom stereocenters. The zero-order valence-electron chi connectivity index (χ0n) is 16.9. The van der Waals surface area contributed by atoms with Crippen LogP contribution in [-0.4, -0.2) is 14.1 Å². The normalized spacial score (nSPS) is 14.1. The Labute approximate surface area is 176 Å². The molecule has 0 radical (unpaired) electrons. The molecule has 0 N–H and O–H groups in total. The first-order chi connectivity index (χ1) is 14.8. The van der Waals surface area contributed by atoms with Gasteiger partial charge in [-0.2, -0.15) is 13.2 Å². The van der Waals surface area contributed by atoms with Crippen LogP contribution in [0.2, 0.25) is 0 Å². The van der Waals surface area contributed by atoms with Crippen molar-refractivity contribution in [2.45, 2.75) is 31.9 Å². The van der Waals surface area contributed by atoms with Crippen LogP contribution in [0.1, 0.15) is 29.8 Å². The molecule has 1 aliphatic rings. The van der Waals surface area contributed by atoms with Crippen molar-refractivity contribution in [3.63, 3.8) is 0 Å². The Morgan fingerprint density at radius 3 is 2.48 bits per heavy atom. The van der Waals surface area contributed by atoms with Gasteiger partial charge in [0.2, 0.25) is 0 Å². The molecular weight excluding hydrogens is 403 g/mol. The molecule has 3 heterocycles. The van der Waals surface area contributed by atoms with Crippen molar-refractivity contribution in [2.75, 3.05) is 0 Å².